The molecule has 2 amide bonds. The topological polar surface area (TPSA) is 141 Å². The average Bonchev–Trinajstić information content (AvgIpc) is 3.92. The molecule has 0 saturated heterocycles. The highest BCUT2D eigenvalue weighted by molar-refractivity contribution is 8.01. The van der Waals surface area contributed by atoms with Gasteiger partial charge in [-0.1, -0.05) is 137 Å². The summed E-state index contributed by atoms with van der Waals surface area (Å²) in [4.78, 5) is 26.8. The van der Waals surface area contributed by atoms with Crippen LogP contribution in [0.4, 0.5) is 10.8 Å². The van der Waals surface area contributed by atoms with Crippen molar-refractivity contribution in [3.63, 3.8) is 0 Å². The molecule has 17 heteroatoms. The first-order chi connectivity index (χ1) is 26.4. The zero-order chi connectivity index (χ0) is 39.9. The van der Waals surface area contributed by atoms with Crippen molar-refractivity contribution in [1.29, 1.82) is 0 Å². The summed E-state index contributed by atoms with van der Waals surface area (Å²) >= 11 is 20.7. The van der Waals surface area contributed by atoms with Crippen LogP contribution < -0.4 is 15.4 Å². The second-order valence-electron chi connectivity index (χ2n) is 12.5. The number of H-pyrrole nitrogens is 3. The summed E-state index contributed by atoms with van der Waals surface area (Å²) < 4.78 is 9.67. The number of aromatic amines is 3. The van der Waals surface area contributed by atoms with E-state index in [1.807, 2.05) is 68.4 Å². The van der Waals surface area contributed by atoms with E-state index in [2.05, 4.69) is 75.8 Å². The number of thiazole rings is 1. The number of nitrogens with zero attached hydrogens (tertiary/aromatic N) is 2. The molecule has 0 bridgehead atoms. The van der Waals surface area contributed by atoms with Gasteiger partial charge < -0.3 is 15.0 Å². The molecule has 10 nitrogen and oxygen atoms in total. The van der Waals surface area contributed by atoms with Gasteiger partial charge in [0.2, 0.25) is 11.0 Å². The Morgan fingerprint density at radius 1 is 0.717 bits per heavy atom. The van der Waals surface area contributed by atoms with Crippen LogP contribution in [-0.2, 0) is 4.79 Å². The van der Waals surface area contributed by atoms with Crippen LogP contribution >= 0.6 is 82.4 Å². The van der Waals surface area contributed by atoms with E-state index in [-0.39, 0.29) is 54.9 Å². The van der Waals surface area contributed by atoms with Crippen molar-refractivity contribution >= 4 is 115 Å². The van der Waals surface area contributed by atoms with Crippen LogP contribution in [0.15, 0.2) is 71.1 Å². The van der Waals surface area contributed by atoms with Crippen LogP contribution in [0.5, 0.6) is 5.75 Å². The van der Waals surface area contributed by atoms with Gasteiger partial charge in [-0.05, 0) is 121 Å². The number of rotatable bonds is 13. The maximum Gasteiger partial charge on any atom is 0.257 e. The molecule has 0 fully saturated rings. The van der Waals surface area contributed by atoms with Gasteiger partial charge in [-0.15, -0.1) is 16.4 Å². The second-order valence-corrected chi connectivity index (χ2v) is 18.7. The Labute approximate surface area is 389 Å². The van der Waals surface area contributed by atoms with Crippen molar-refractivity contribution in [3.8, 4) is 5.75 Å². The van der Waals surface area contributed by atoms with Gasteiger partial charge in [-0.2, -0.15) is 5.10 Å². The van der Waals surface area contributed by atoms with Crippen molar-refractivity contribution in [2.45, 2.75) is 114 Å². The maximum atomic E-state index is 12.0. The summed E-state index contributed by atoms with van der Waals surface area (Å²) in [5.41, 5.74) is 5.00. The lowest BCUT2D eigenvalue weighted by Crippen LogP contribution is -2.19. The number of anilines is 2. The van der Waals surface area contributed by atoms with E-state index in [4.69, 9.17) is 41.4 Å². The van der Waals surface area contributed by atoms with Crippen LogP contribution in [-0.4, -0.2) is 43.1 Å². The Bertz CT molecular complexity index is 2290. The molecule has 3 unspecified atom stereocenters. The Morgan fingerprint density at radius 3 is 1.80 bits per heavy atom. The molecule has 60 heavy (non-hydrogen) atoms. The van der Waals surface area contributed by atoms with E-state index < -0.39 is 0 Å². The molecule has 0 radical (unpaired) electrons. The normalized spacial score (nSPS) is 11.3. The summed E-state index contributed by atoms with van der Waals surface area (Å²) in [6, 6.07) is 21.8. The molecule has 3 aromatic carbocycles. The van der Waals surface area contributed by atoms with E-state index >= 15 is 0 Å². The molecule has 0 spiro atoms. The lowest BCUT2D eigenvalue weighted by molar-refractivity contribution is -0.119. The van der Waals surface area contributed by atoms with E-state index in [9.17, 15) is 9.59 Å². The lowest BCUT2D eigenvalue weighted by atomic mass is 9.97. The monoisotopic (exact) mass is 951 g/mol. The lowest BCUT2D eigenvalue weighted by Gasteiger charge is -2.10. The summed E-state index contributed by atoms with van der Waals surface area (Å²) in [6.45, 7) is 12.7. The quantitative estimate of drug-likeness (QED) is 0.0435. The average molecular weight is 953 g/mol. The van der Waals surface area contributed by atoms with Gasteiger partial charge in [0.1, 0.15) is 11.7 Å². The van der Waals surface area contributed by atoms with E-state index in [1.165, 1.54) is 56.9 Å². The number of aromatic nitrogens is 5. The fourth-order valence-corrected chi connectivity index (χ4v) is 8.38. The molecule has 3 atom stereocenters. The van der Waals surface area contributed by atoms with Crippen molar-refractivity contribution in [1.82, 2.24) is 25.4 Å². The number of hydrogen-bond acceptors (Lipinski definition) is 12. The first-order valence-electron chi connectivity index (χ1n) is 17.7. The summed E-state index contributed by atoms with van der Waals surface area (Å²) in [7, 11) is 0. The first kappa shape index (κ1) is 58.5. The van der Waals surface area contributed by atoms with Crippen LogP contribution in [0.2, 0.25) is 0 Å². The van der Waals surface area contributed by atoms with Crippen LogP contribution in [0.25, 0.3) is 10.2 Å². The minimum atomic E-state index is -0.173. The number of amides is 2. The minimum Gasteiger partial charge on any atom is -0.483 e. The zero-order valence-corrected chi connectivity index (χ0v) is 37.1. The summed E-state index contributed by atoms with van der Waals surface area (Å²) in [6.07, 6.45) is 3.08. The molecule has 5 N–H and O–H groups in total. The summed E-state index contributed by atoms with van der Waals surface area (Å²) in [5.74, 6) is 2.45. The predicted octanol–water partition coefficient (Wildman–Crippen LogP) is 15.9. The largest absolute Gasteiger partial charge is 0.483 e. The molecule has 3 heterocycles. The molecule has 6 aromatic rings. The van der Waals surface area contributed by atoms with Crippen molar-refractivity contribution in [2.75, 3.05) is 16.6 Å². The Morgan fingerprint density at radius 2 is 1.28 bits per heavy atom. The molecule has 332 valence electrons. The van der Waals surface area contributed by atoms with E-state index in [0.717, 1.165) is 49.2 Å². The third-order valence-electron chi connectivity index (χ3n) is 8.65. The van der Waals surface area contributed by atoms with Crippen molar-refractivity contribution in [3.05, 3.63) is 95.3 Å². The first-order valence-corrected chi connectivity index (χ1v) is 22.4. The number of ether oxygens (including phenoxy) is 1. The highest BCUT2D eigenvalue weighted by Gasteiger charge is 2.12. The Hall–Kier alpha value is -3.58. The van der Waals surface area contributed by atoms with Crippen LogP contribution in [0.3, 0.4) is 0 Å². The highest BCUT2D eigenvalue weighted by Crippen LogP contribution is 2.26. The van der Waals surface area contributed by atoms with Gasteiger partial charge in [0, 0.05) is 17.2 Å². The van der Waals surface area contributed by atoms with Gasteiger partial charge in [-0.3, -0.25) is 25.1 Å². The van der Waals surface area contributed by atoms with Crippen LogP contribution in [0, 0.1) is 17.8 Å². The number of fused-ring (bicyclic) bond motifs is 1. The maximum absolute atomic E-state index is 12.0. The summed E-state index contributed by atoms with van der Waals surface area (Å²) in [5, 5.41) is 19.4. The fourth-order valence-electron chi connectivity index (χ4n) is 4.69. The smallest absolute Gasteiger partial charge is 0.257 e. The zero-order valence-electron chi connectivity index (χ0n) is 31.4. The van der Waals surface area contributed by atoms with Crippen LogP contribution in [0.1, 0.15) is 131 Å². The van der Waals surface area contributed by atoms with Crippen molar-refractivity contribution < 1.29 is 14.3 Å². The molecule has 0 aliphatic heterocycles. The molecule has 0 saturated carbocycles. The Balaban J connectivity index is 0. The second kappa shape index (κ2) is 29.6. The van der Waals surface area contributed by atoms with E-state index in [0.29, 0.717) is 36.4 Å². The number of nitrogens with one attached hydrogen (secondary N) is 5. The number of carbonyl (C=O) groups excluding carboxylic acids is 2. The fraction of sp³-hybridized carbons (Fsp3) is 0.419. The van der Waals surface area contributed by atoms with Gasteiger partial charge >= 0.3 is 0 Å². The number of thioether (sulfide) groups is 1. The minimum absolute atomic E-state index is 0. The van der Waals surface area contributed by atoms with Crippen molar-refractivity contribution in [2.24, 2.45) is 5.92 Å². The molecule has 0 aliphatic rings. The molecule has 6 rings (SSSR count). The number of hydrogen-bond donors (Lipinski definition) is 5. The highest BCUT2D eigenvalue weighted by atomic mass is 32.2. The van der Waals surface area contributed by atoms with Gasteiger partial charge in [0.05, 0.1) is 10.2 Å². The van der Waals surface area contributed by atoms with Gasteiger partial charge in [0.25, 0.3) is 5.91 Å². The number of carbonyl (C=O) groups is 2. The molecular formula is C43H65N7O3S7. The number of benzene rings is 3. The molecular weight excluding hydrogens is 887 g/mol. The molecule has 0 aliphatic carbocycles. The van der Waals surface area contributed by atoms with Gasteiger partial charge in [-0.25, -0.2) is 0 Å². The predicted molar refractivity (Wildman–Crippen MR) is 273 cm³/mol. The van der Waals surface area contributed by atoms with E-state index in [1.54, 1.807) is 0 Å². The SMILES string of the molecule is C.C.C.C.C.CCC(C)C(=O)Nc1ccc2sc(=S)[nH]c2c1.CCC(C)c1ccc(C(=O)Nc2n[nH]c(=S)s2)cc1.CCC(C)c1ccc(OCSc2n[nH]c(=S)s2)cc1. The Kier molecular flexibility index (Phi) is 28.9. The third-order valence-corrected chi connectivity index (χ3v) is 12.9. The standard InChI is InChI=1S/C13H15N3OS2.C13H16N2OS3.C12H14N2OS2.5CH4/c1-3-8(2)9-4-6-10(7-5-9)11(17)14-12-15-16-13(18)19-12;1-3-9(2)10-4-6-11(7-5-10)16-8-18-13-15-14-12(17)19-13;1-3-7(2)11(15)13-8-4-5-10-9(6-8)14-12(16)17-10;;;;;/h4-8H,3H2,1-2H3,(H,16,18)(H,14,15,17);4-7,9H,3,8H2,1-2H3,(H,14,17);4-7H,3H2,1-2H3,(H,13,15)(H,14,16);5*1H4. The third kappa shape index (κ3) is 18.6. The molecule has 3 aromatic heterocycles. The van der Waals surface area contributed by atoms with Gasteiger partial charge in [0.15, 0.2) is 16.2 Å².